The number of nitrogens with two attached hydrogens (primary N) is 1. The Morgan fingerprint density at radius 1 is 1.10 bits per heavy atom. The minimum atomic E-state index is -0.799. The summed E-state index contributed by atoms with van der Waals surface area (Å²) in [7, 11) is 0. The average Bonchev–Trinajstić information content (AvgIpc) is 2.48. The highest BCUT2D eigenvalue weighted by atomic mass is 16.3. The molecule has 5 N–H and O–H groups in total. The molecule has 0 spiro atoms. The van der Waals surface area contributed by atoms with Crippen molar-refractivity contribution < 1.29 is 15.0 Å². The van der Waals surface area contributed by atoms with Crippen molar-refractivity contribution in [1.29, 1.82) is 0 Å². The maximum absolute atomic E-state index is 12.3. The zero-order chi connectivity index (χ0) is 15.5. The number of amides is 1. The molecule has 0 aliphatic rings. The number of nitrogens with one attached hydrogen (secondary N) is 1. The van der Waals surface area contributed by atoms with Gasteiger partial charge >= 0.3 is 0 Å². The van der Waals surface area contributed by atoms with E-state index in [1.54, 1.807) is 6.92 Å². The summed E-state index contributed by atoms with van der Waals surface area (Å²) in [4.78, 5) is 12.3. The topological polar surface area (TPSA) is 95.6 Å². The van der Waals surface area contributed by atoms with Gasteiger partial charge in [0.1, 0.15) is 17.1 Å². The van der Waals surface area contributed by atoms with Crippen molar-refractivity contribution >= 4 is 5.91 Å². The van der Waals surface area contributed by atoms with Crippen LogP contribution in [0.1, 0.15) is 22.8 Å². The van der Waals surface area contributed by atoms with Crippen LogP contribution in [0.15, 0.2) is 48.5 Å². The second-order valence-electron chi connectivity index (χ2n) is 5.03. The van der Waals surface area contributed by atoms with Crippen LogP contribution in [0, 0.1) is 0 Å². The molecule has 5 nitrogen and oxygen atoms in total. The van der Waals surface area contributed by atoms with Gasteiger partial charge in [0, 0.05) is 6.54 Å². The SMILES string of the molecule is CC(CN)(NC(=O)c1c(O)cccc1O)c1ccccc1. The Bertz CT molecular complexity index is 623. The molecule has 0 bridgehead atoms. The predicted molar refractivity (Wildman–Crippen MR) is 80.1 cm³/mol. The molecule has 110 valence electrons. The molecule has 0 fully saturated rings. The smallest absolute Gasteiger partial charge is 0.259 e. The lowest BCUT2D eigenvalue weighted by atomic mass is 9.91. The molecule has 2 rings (SSSR count). The molecule has 5 heteroatoms. The van der Waals surface area contributed by atoms with Crippen LogP contribution < -0.4 is 11.1 Å². The van der Waals surface area contributed by atoms with Crippen LogP contribution in [-0.4, -0.2) is 22.7 Å². The van der Waals surface area contributed by atoms with E-state index in [4.69, 9.17) is 5.73 Å². The molecule has 1 atom stereocenters. The fourth-order valence-corrected chi connectivity index (χ4v) is 2.12. The van der Waals surface area contributed by atoms with E-state index in [9.17, 15) is 15.0 Å². The molecule has 0 aromatic heterocycles. The summed E-state index contributed by atoms with van der Waals surface area (Å²) in [5.41, 5.74) is 5.69. The highest BCUT2D eigenvalue weighted by Crippen LogP contribution is 2.28. The Morgan fingerprint density at radius 3 is 2.19 bits per heavy atom. The quantitative estimate of drug-likeness (QED) is 0.688. The summed E-state index contributed by atoms with van der Waals surface area (Å²) in [6, 6.07) is 13.4. The van der Waals surface area contributed by atoms with Gasteiger partial charge in [0.25, 0.3) is 5.91 Å². The van der Waals surface area contributed by atoms with Gasteiger partial charge in [0.05, 0.1) is 5.54 Å². The van der Waals surface area contributed by atoms with E-state index in [0.717, 1.165) is 5.56 Å². The third kappa shape index (κ3) is 2.98. The maximum atomic E-state index is 12.3. The van der Waals surface area contributed by atoms with E-state index in [2.05, 4.69) is 5.32 Å². The lowest BCUT2D eigenvalue weighted by Crippen LogP contribution is -2.48. The standard InChI is InChI=1S/C16H18N2O3/c1-16(10-17,11-6-3-2-4-7-11)18-15(21)14-12(19)8-5-9-13(14)20/h2-9,19-20H,10,17H2,1H3,(H,18,21). The fraction of sp³-hybridized carbons (Fsp3) is 0.188. The van der Waals surface area contributed by atoms with Gasteiger partial charge in [-0.05, 0) is 24.6 Å². The van der Waals surface area contributed by atoms with Crippen molar-refractivity contribution in [2.75, 3.05) is 6.54 Å². The predicted octanol–water partition coefficient (Wildman–Crippen LogP) is 1.70. The number of phenolic OH excluding ortho intramolecular Hbond substituents is 2. The van der Waals surface area contributed by atoms with Gasteiger partial charge in [0.15, 0.2) is 0 Å². The molecular weight excluding hydrogens is 268 g/mol. The molecule has 0 radical (unpaired) electrons. The third-order valence-corrected chi connectivity index (χ3v) is 3.46. The van der Waals surface area contributed by atoms with Crippen LogP contribution in [0.2, 0.25) is 0 Å². The van der Waals surface area contributed by atoms with Gasteiger partial charge in [0.2, 0.25) is 0 Å². The van der Waals surface area contributed by atoms with Gasteiger partial charge in [-0.3, -0.25) is 4.79 Å². The molecule has 1 unspecified atom stereocenters. The highest BCUT2D eigenvalue weighted by molar-refractivity contribution is 5.99. The molecule has 21 heavy (non-hydrogen) atoms. The van der Waals surface area contributed by atoms with Crippen LogP contribution in [-0.2, 0) is 5.54 Å². The first-order valence-corrected chi connectivity index (χ1v) is 6.57. The van der Waals surface area contributed by atoms with Crippen LogP contribution in [0.4, 0.5) is 0 Å². The zero-order valence-electron chi connectivity index (χ0n) is 11.7. The number of aromatic hydroxyl groups is 2. The maximum Gasteiger partial charge on any atom is 0.259 e. The summed E-state index contributed by atoms with van der Waals surface area (Å²) in [5.74, 6) is -1.14. The fourth-order valence-electron chi connectivity index (χ4n) is 2.12. The summed E-state index contributed by atoms with van der Waals surface area (Å²) in [5, 5.41) is 22.3. The van der Waals surface area contributed by atoms with Crippen molar-refractivity contribution in [3.05, 3.63) is 59.7 Å². The second-order valence-corrected chi connectivity index (χ2v) is 5.03. The minimum absolute atomic E-state index is 0.159. The number of hydrogen-bond acceptors (Lipinski definition) is 4. The molecule has 0 aliphatic heterocycles. The number of rotatable bonds is 4. The van der Waals surface area contributed by atoms with Gasteiger partial charge in [-0.15, -0.1) is 0 Å². The number of benzene rings is 2. The average molecular weight is 286 g/mol. The summed E-state index contributed by atoms with van der Waals surface area (Å²) < 4.78 is 0. The molecule has 2 aromatic rings. The highest BCUT2D eigenvalue weighted by Gasteiger charge is 2.29. The van der Waals surface area contributed by atoms with Crippen molar-refractivity contribution in [3.8, 4) is 11.5 Å². The van der Waals surface area contributed by atoms with Crippen LogP contribution in [0.3, 0.4) is 0 Å². The molecule has 2 aromatic carbocycles. The van der Waals surface area contributed by atoms with Crippen molar-refractivity contribution in [2.45, 2.75) is 12.5 Å². The first-order valence-electron chi connectivity index (χ1n) is 6.57. The number of phenols is 2. The van der Waals surface area contributed by atoms with E-state index < -0.39 is 11.4 Å². The van der Waals surface area contributed by atoms with E-state index in [1.165, 1.54) is 18.2 Å². The second kappa shape index (κ2) is 5.85. The normalized spacial score (nSPS) is 13.4. The number of hydrogen-bond donors (Lipinski definition) is 4. The Kier molecular flexibility index (Phi) is 4.14. The lowest BCUT2D eigenvalue weighted by Gasteiger charge is -2.30. The summed E-state index contributed by atoms with van der Waals surface area (Å²) >= 11 is 0. The molecule has 0 heterocycles. The van der Waals surface area contributed by atoms with E-state index in [1.807, 2.05) is 30.3 Å². The molecule has 0 aliphatic carbocycles. The minimum Gasteiger partial charge on any atom is -0.507 e. The Hall–Kier alpha value is -2.53. The van der Waals surface area contributed by atoms with E-state index in [0.29, 0.717) is 0 Å². The molecule has 1 amide bonds. The van der Waals surface area contributed by atoms with Gasteiger partial charge in [-0.1, -0.05) is 36.4 Å². The van der Waals surface area contributed by atoms with Gasteiger partial charge in [-0.25, -0.2) is 0 Å². The molecular formula is C16H18N2O3. The Balaban J connectivity index is 2.33. The largest absolute Gasteiger partial charge is 0.507 e. The lowest BCUT2D eigenvalue weighted by molar-refractivity contribution is 0.0902. The monoisotopic (exact) mass is 286 g/mol. The summed E-state index contributed by atoms with van der Waals surface area (Å²) in [6.45, 7) is 1.97. The van der Waals surface area contributed by atoms with Crippen LogP contribution in [0.25, 0.3) is 0 Å². The van der Waals surface area contributed by atoms with Crippen molar-refractivity contribution in [2.24, 2.45) is 5.73 Å². The molecule has 0 saturated carbocycles. The summed E-state index contributed by atoms with van der Waals surface area (Å²) in [6.07, 6.45) is 0. The molecule has 0 saturated heterocycles. The van der Waals surface area contributed by atoms with Crippen molar-refractivity contribution in [3.63, 3.8) is 0 Å². The Morgan fingerprint density at radius 2 is 1.67 bits per heavy atom. The van der Waals surface area contributed by atoms with E-state index >= 15 is 0 Å². The first-order chi connectivity index (χ1) is 9.98. The Labute approximate surface area is 123 Å². The van der Waals surface area contributed by atoms with E-state index in [-0.39, 0.29) is 23.6 Å². The number of carbonyl (C=O) groups is 1. The van der Waals surface area contributed by atoms with Crippen molar-refractivity contribution in [1.82, 2.24) is 5.32 Å². The first kappa shape index (κ1) is 14.9. The third-order valence-electron chi connectivity index (χ3n) is 3.46. The zero-order valence-corrected chi connectivity index (χ0v) is 11.7. The number of carbonyl (C=O) groups excluding carboxylic acids is 1. The van der Waals surface area contributed by atoms with Gasteiger partial charge in [-0.2, -0.15) is 0 Å². The van der Waals surface area contributed by atoms with Crippen LogP contribution in [0.5, 0.6) is 11.5 Å². The van der Waals surface area contributed by atoms with Gasteiger partial charge < -0.3 is 21.3 Å². The van der Waals surface area contributed by atoms with Crippen LogP contribution >= 0.6 is 0 Å².